The monoisotopic (exact) mass is 433 g/mol. The molecule has 0 unspecified atom stereocenters. The molecule has 3 heterocycles. The number of benzene rings is 1. The van der Waals surface area contributed by atoms with E-state index in [4.69, 9.17) is 14.6 Å². The van der Waals surface area contributed by atoms with Gasteiger partial charge in [0.15, 0.2) is 11.6 Å². The molecule has 0 aliphatic carbocycles. The highest BCUT2D eigenvalue weighted by Gasteiger charge is 2.38. The number of amides is 1. The molecule has 0 saturated carbocycles. The Morgan fingerprint density at radius 2 is 2.13 bits per heavy atom. The fourth-order valence-corrected chi connectivity index (χ4v) is 4.11. The Morgan fingerprint density at radius 1 is 1.32 bits per heavy atom. The average molecular weight is 433 g/mol. The van der Waals surface area contributed by atoms with Gasteiger partial charge in [-0.3, -0.25) is 19.5 Å². The molecule has 7 nitrogen and oxygen atoms in total. The van der Waals surface area contributed by atoms with Crippen molar-refractivity contribution in [1.29, 1.82) is 0 Å². The van der Waals surface area contributed by atoms with Crippen molar-refractivity contribution in [2.24, 2.45) is 11.8 Å². The maximum atomic E-state index is 13.5. The minimum absolute atomic E-state index is 0.0517. The third-order valence-corrected chi connectivity index (χ3v) is 5.54. The van der Waals surface area contributed by atoms with Crippen LogP contribution in [0.4, 0.5) is 14.5 Å². The van der Waals surface area contributed by atoms with Crippen LogP contribution < -0.4 is 5.32 Å². The molecule has 2 aliphatic rings. The fourth-order valence-electron chi connectivity index (χ4n) is 4.11. The molecule has 1 amide bonds. The molecule has 0 radical (unpaired) electrons. The number of aromatic nitrogens is 1. The van der Waals surface area contributed by atoms with Crippen LogP contribution in [0.3, 0.4) is 0 Å². The zero-order chi connectivity index (χ0) is 22.2. The number of carbonyl (C=O) groups is 2. The van der Waals surface area contributed by atoms with Crippen molar-refractivity contribution in [2.45, 2.75) is 25.5 Å². The summed E-state index contributed by atoms with van der Waals surface area (Å²) in [6.07, 6.45) is 5.07. The van der Waals surface area contributed by atoms with Crippen LogP contribution >= 0.6 is 0 Å². The first-order chi connectivity index (χ1) is 15.0. The molecule has 2 N–H and O–H groups in total. The lowest BCUT2D eigenvalue weighted by Gasteiger charge is -2.43. The number of rotatable bonds is 4. The van der Waals surface area contributed by atoms with Crippen molar-refractivity contribution < 1.29 is 28.2 Å². The number of ether oxygens (including phenoxy) is 1. The summed E-state index contributed by atoms with van der Waals surface area (Å²) in [5.74, 6) is -1.66. The maximum absolute atomic E-state index is 13.5. The predicted molar refractivity (Wildman–Crippen MR) is 109 cm³/mol. The first-order valence-corrected chi connectivity index (χ1v) is 10.1. The Kier molecular flexibility index (Phi) is 8.02. The lowest BCUT2D eigenvalue weighted by molar-refractivity contribution is -0.134. The predicted octanol–water partition coefficient (Wildman–Crippen LogP) is 2.93. The van der Waals surface area contributed by atoms with E-state index in [1.807, 2.05) is 6.07 Å². The van der Waals surface area contributed by atoms with Gasteiger partial charge in [0.05, 0.1) is 30.5 Å². The highest BCUT2D eigenvalue weighted by molar-refractivity contribution is 5.92. The molecule has 0 spiro atoms. The van der Waals surface area contributed by atoms with Crippen molar-refractivity contribution in [2.75, 3.05) is 25.0 Å². The highest BCUT2D eigenvalue weighted by Crippen LogP contribution is 2.32. The minimum Gasteiger partial charge on any atom is -0.483 e. The summed E-state index contributed by atoms with van der Waals surface area (Å²) in [5, 5.41) is 9.79. The first kappa shape index (κ1) is 22.8. The number of piperidine rings is 1. The molecular weight excluding hydrogens is 408 g/mol. The molecule has 31 heavy (non-hydrogen) atoms. The second-order valence-corrected chi connectivity index (χ2v) is 7.67. The lowest BCUT2D eigenvalue weighted by atomic mass is 9.83. The van der Waals surface area contributed by atoms with E-state index in [0.717, 1.165) is 31.5 Å². The van der Waals surface area contributed by atoms with Gasteiger partial charge in [-0.05, 0) is 48.6 Å². The van der Waals surface area contributed by atoms with E-state index in [9.17, 15) is 13.6 Å². The zero-order valence-corrected chi connectivity index (χ0v) is 16.9. The summed E-state index contributed by atoms with van der Waals surface area (Å²) in [5.41, 5.74) is 1.43. The van der Waals surface area contributed by atoms with Crippen LogP contribution in [0.5, 0.6) is 0 Å². The standard InChI is InChI=1S/C21H23F2N3O2.CH2O2/c22-18-4-3-14(8-19(18)23)11-26-7-5-20-15(12-26)9-16(13-28-20)21(27)25-17-2-1-6-24-10-17;2-1-3/h1-4,6,8,10,15-16,20H,5,7,9,11-13H2,(H,25,27);1H,(H,2,3)/t15-,16-,20+;/m0./s1. The quantitative estimate of drug-likeness (QED) is 0.721. The lowest BCUT2D eigenvalue weighted by Crippen LogP contribution is -2.49. The Balaban J connectivity index is 0.000000858. The molecule has 2 aliphatic heterocycles. The Hall–Kier alpha value is -2.91. The number of hydrogen-bond acceptors (Lipinski definition) is 5. The highest BCUT2D eigenvalue weighted by atomic mass is 19.2. The number of halogens is 2. The smallest absolute Gasteiger partial charge is 0.290 e. The summed E-state index contributed by atoms with van der Waals surface area (Å²) in [6.45, 7) is 2.36. The van der Waals surface area contributed by atoms with Gasteiger partial charge in [0.1, 0.15) is 0 Å². The average Bonchev–Trinajstić information content (AvgIpc) is 2.77. The summed E-state index contributed by atoms with van der Waals surface area (Å²) >= 11 is 0. The molecule has 1 aromatic carbocycles. The van der Waals surface area contributed by atoms with Crippen LogP contribution in [0, 0.1) is 23.5 Å². The third kappa shape index (κ3) is 6.28. The number of likely N-dealkylation sites (tertiary alicyclic amines) is 1. The van der Waals surface area contributed by atoms with E-state index in [1.54, 1.807) is 24.5 Å². The number of fused-ring (bicyclic) bond motifs is 1. The molecule has 9 heteroatoms. The van der Waals surface area contributed by atoms with E-state index in [-0.39, 0.29) is 30.3 Å². The van der Waals surface area contributed by atoms with Gasteiger partial charge >= 0.3 is 0 Å². The SMILES string of the molecule is O=C(Nc1cccnc1)[C@@H]1CO[C@@H]2CCN(Cc3ccc(F)c(F)c3)C[C@@H]2C1.O=CO. The molecule has 2 aromatic rings. The van der Waals surface area contributed by atoms with Crippen molar-refractivity contribution in [3.8, 4) is 0 Å². The number of carboxylic acid groups (broad SMARTS) is 1. The number of anilines is 1. The zero-order valence-electron chi connectivity index (χ0n) is 16.9. The summed E-state index contributed by atoms with van der Waals surface area (Å²) in [6, 6.07) is 7.62. The van der Waals surface area contributed by atoms with Gasteiger partial charge in [-0.2, -0.15) is 0 Å². The summed E-state index contributed by atoms with van der Waals surface area (Å²) in [4.78, 5) is 27.2. The molecule has 4 rings (SSSR count). The first-order valence-electron chi connectivity index (χ1n) is 10.1. The number of hydrogen-bond donors (Lipinski definition) is 2. The van der Waals surface area contributed by atoms with Crippen LogP contribution in [0.1, 0.15) is 18.4 Å². The van der Waals surface area contributed by atoms with E-state index in [2.05, 4.69) is 15.2 Å². The largest absolute Gasteiger partial charge is 0.483 e. The topological polar surface area (TPSA) is 91.8 Å². The molecule has 0 bridgehead atoms. The van der Waals surface area contributed by atoms with Gasteiger partial charge < -0.3 is 15.2 Å². The summed E-state index contributed by atoms with van der Waals surface area (Å²) < 4.78 is 32.6. The van der Waals surface area contributed by atoms with Gasteiger partial charge in [0.2, 0.25) is 5.91 Å². The normalized spacial score (nSPS) is 23.1. The van der Waals surface area contributed by atoms with Gasteiger partial charge in [0.25, 0.3) is 6.47 Å². The number of carbonyl (C=O) groups excluding carboxylic acids is 1. The van der Waals surface area contributed by atoms with E-state index in [0.29, 0.717) is 18.8 Å². The van der Waals surface area contributed by atoms with Crippen LogP contribution in [-0.2, 0) is 20.9 Å². The number of nitrogens with zero attached hydrogens (tertiary/aromatic N) is 2. The maximum Gasteiger partial charge on any atom is 0.290 e. The Morgan fingerprint density at radius 3 is 2.84 bits per heavy atom. The van der Waals surface area contributed by atoms with Gasteiger partial charge in [-0.15, -0.1) is 0 Å². The van der Waals surface area contributed by atoms with Gasteiger partial charge in [-0.25, -0.2) is 8.78 Å². The second-order valence-electron chi connectivity index (χ2n) is 7.67. The molecule has 2 saturated heterocycles. The van der Waals surface area contributed by atoms with Crippen molar-refractivity contribution in [3.05, 3.63) is 59.9 Å². The number of nitrogens with one attached hydrogen (secondary N) is 1. The van der Waals surface area contributed by atoms with E-state index < -0.39 is 11.6 Å². The molecular formula is C22H25F2N3O4. The van der Waals surface area contributed by atoms with Crippen molar-refractivity contribution in [1.82, 2.24) is 9.88 Å². The third-order valence-electron chi connectivity index (χ3n) is 5.54. The van der Waals surface area contributed by atoms with E-state index >= 15 is 0 Å². The minimum atomic E-state index is -0.828. The van der Waals surface area contributed by atoms with Crippen LogP contribution in [0.2, 0.25) is 0 Å². The van der Waals surface area contributed by atoms with E-state index in [1.165, 1.54) is 12.1 Å². The second kappa shape index (κ2) is 10.9. The van der Waals surface area contributed by atoms with Crippen molar-refractivity contribution >= 4 is 18.1 Å². The number of pyridine rings is 1. The van der Waals surface area contributed by atoms with Crippen LogP contribution in [0.25, 0.3) is 0 Å². The van der Waals surface area contributed by atoms with Gasteiger partial charge in [0, 0.05) is 25.8 Å². The molecule has 1 aromatic heterocycles. The summed E-state index contributed by atoms with van der Waals surface area (Å²) in [7, 11) is 0. The fraction of sp³-hybridized carbons (Fsp3) is 0.409. The van der Waals surface area contributed by atoms with Gasteiger partial charge in [-0.1, -0.05) is 6.07 Å². The van der Waals surface area contributed by atoms with Crippen LogP contribution in [0.15, 0.2) is 42.7 Å². The van der Waals surface area contributed by atoms with Crippen molar-refractivity contribution in [3.63, 3.8) is 0 Å². The molecule has 2 fully saturated rings. The Labute approximate surface area is 179 Å². The Bertz CT molecular complexity index is 884. The molecule has 3 atom stereocenters. The van der Waals surface area contributed by atoms with Crippen LogP contribution in [-0.4, -0.2) is 53.2 Å². The molecule has 166 valence electrons.